The van der Waals surface area contributed by atoms with Gasteiger partial charge in [-0.3, -0.25) is 4.79 Å². The Morgan fingerprint density at radius 3 is 2.80 bits per heavy atom. The average Bonchev–Trinajstić information content (AvgIpc) is 2.79. The van der Waals surface area contributed by atoms with E-state index in [0.29, 0.717) is 24.3 Å². The highest BCUT2D eigenvalue weighted by atomic mass is 16.5. The van der Waals surface area contributed by atoms with E-state index in [9.17, 15) is 9.90 Å². The van der Waals surface area contributed by atoms with Gasteiger partial charge in [0.15, 0.2) is 0 Å². The molecular formula is C23H28N4O3. The predicted molar refractivity (Wildman–Crippen MR) is 116 cm³/mol. The first kappa shape index (κ1) is 22.9. The van der Waals surface area contributed by atoms with E-state index in [2.05, 4.69) is 10.3 Å². The lowest BCUT2D eigenvalue weighted by atomic mass is 9.94. The molecule has 1 atom stereocenters. The number of methoxy groups -OCH3 is 1. The number of aromatic nitrogens is 1. The van der Waals surface area contributed by atoms with Crippen molar-refractivity contribution < 1.29 is 14.6 Å². The Kier molecular flexibility index (Phi) is 8.85. The zero-order chi connectivity index (χ0) is 21.9. The summed E-state index contributed by atoms with van der Waals surface area (Å²) in [6.45, 7) is 4.50. The van der Waals surface area contributed by atoms with Gasteiger partial charge in [0.05, 0.1) is 12.7 Å². The Bertz CT molecular complexity index is 903. The van der Waals surface area contributed by atoms with Gasteiger partial charge in [-0.2, -0.15) is 5.26 Å². The molecule has 0 aliphatic rings. The Morgan fingerprint density at radius 2 is 2.20 bits per heavy atom. The lowest BCUT2D eigenvalue weighted by Crippen LogP contribution is -2.25. The monoisotopic (exact) mass is 408 g/mol. The number of anilines is 1. The van der Waals surface area contributed by atoms with Crippen molar-refractivity contribution in [1.29, 1.82) is 5.26 Å². The number of ether oxygens (including phenoxy) is 1. The van der Waals surface area contributed by atoms with Crippen LogP contribution >= 0.6 is 0 Å². The SMILES string of the molecule is CCN(/C(C)=C/NC(=O)CCC(CO)c1cccc(OC)c1)c1ccc(C#N)cn1. The zero-order valence-electron chi connectivity index (χ0n) is 17.6. The number of pyridine rings is 1. The van der Waals surface area contributed by atoms with Crippen molar-refractivity contribution in [2.45, 2.75) is 32.6 Å². The number of carbonyl (C=O) groups is 1. The third-order valence-corrected chi connectivity index (χ3v) is 4.84. The highest BCUT2D eigenvalue weighted by molar-refractivity contribution is 5.77. The number of hydrogen-bond acceptors (Lipinski definition) is 6. The molecule has 7 heteroatoms. The van der Waals surface area contributed by atoms with Gasteiger partial charge in [-0.25, -0.2) is 4.98 Å². The predicted octanol–water partition coefficient (Wildman–Crippen LogP) is 3.32. The van der Waals surface area contributed by atoms with E-state index in [1.54, 1.807) is 25.4 Å². The van der Waals surface area contributed by atoms with Gasteiger partial charge >= 0.3 is 0 Å². The van der Waals surface area contributed by atoms with Crippen molar-refractivity contribution in [1.82, 2.24) is 10.3 Å². The van der Waals surface area contributed by atoms with Gasteiger partial charge in [0.2, 0.25) is 5.91 Å². The quantitative estimate of drug-likeness (QED) is 0.626. The third-order valence-electron chi connectivity index (χ3n) is 4.84. The molecule has 0 saturated heterocycles. The maximum Gasteiger partial charge on any atom is 0.223 e. The smallest absolute Gasteiger partial charge is 0.223 e. The van der Waals surface area contributed by atoms with Crippen molar-refractivity contribution in [2.24, 2.45) is 0 Å². The summed E-state index contributed by atoms with van der Waals surface area (Å²) < 4.78 is 5.23. The molecule has 1 amide bonds. The maximum absolute atomic E-state index is 12.3. The lowest BCUT2D eigenvalue weighted by Gasteiger charge is -2.22. The molecule has 0 aliphatic heterocycles. The maximum atomic E-state index is 12.3. The number of hydrogen-bond donors (Lipinski definition) is 2. The first-order chi connectivity index (χ1) is 14.5. The second-order valence-electron chi connectivity index (χ2n) is 6.81. The number of aliphatic hydroxyl groups is 1. The van der Waals surface area contributed by atoms with E-state index in [1.165, 1.54) is 6.20 Å². The van der Waals surface area contributed by atoms with Crippen LogP contribution in [0.4, 0.5) is 5.82 Å². The van der Waals surface area contributed by atoms with Crippen LogP contribution in [0.5, 0.6) is 5.75 Å². The second-order valence-corrected chi connectivity index (χ2v) is 6.81. The fourth-order valence-corrected chi connectivity index (χ4v) is 3.10. The number of carbonyl (C=O) groups excluding carboxylic acids is 1. The van der Waals surface area contributed by atoms with Crippen LogP contribution in [0.2, 0.25) is 0 Å². The number of amides is 1. The first-order valence-corrected chi connectivity index (χ1v) is 9.87. The summed E-state index contributed by atoms with van der Waals surface area (Å²) in [7, 11) is 1.60. The minimum absolute atomic E-state index is 0.0384. The second kappa shape index (κ2) is 11.6. The number of nitriles is 1. The number of nitrogens with zero attached hydrogens (tertiary/aromatic N) is 3. The van der Waals surface area contributed by atoms with Gasteiger partial charge in [0.1, 0.15) is 17.6 Å². The zero-order valence-corrected chi connectivity index (χ0v) is 17.6. The molecule has 1 aromatic heterocycles. The van der Waals surface area contributed by atoms with Crippen LogP contribution in [0, 0.1) is 11.3 Å². The van der Waals surface area contributed by atoms with Crippen molar-refractivity contribution in [3.8, 4) is 11.8 Å². The molecule has 30 heavy (non-hydrogen) atoms. The molecule has 0 spiro atoms. The molecule has 7 nitrogen and oxygen atoms in total. The molecule has 2 rings (SSSR count). The summed E-state index contributed by atoms with van der Waals surface area (Å²) in [5.74, 6) is 1.17. The van der Waals surface area contributed by atoms with Crippen LogP contribution in [0.25, 0.3) is 0 Å². The van der Waals surface area contributed by atoms with Gasteiger partial charge in [-0.1, -0.05) is 12.1 Å². The topological polar surface area (TPSA) is 98.5 Å². The van der Waals surface area contributed by atoms with Gasteiger partial charge < -0.3 is 20.1 Å². The van der Waals surface area contributed by atoms with Gasteiger partial charge in [-0.15, -0.1) is 0 Å². The summed E-state index contributed by atoms with van der Waals surface area (Å²) in [6, 6.07) is 13.1. The van der Waals surface area contributed by atoms with E-state index in [0.717, 1.165) is 17.0 Å². The van der Waals surface area contributed by atoms with Crippen molar-refractivity contribution >= 4 is 11.7 Å². The van der Waals surface area contributed by atoms with Crippen LogP contribution in [-0.4, -0.2) is 36.3 Å². The van der Waals surface area contributed by atoms with E-state index in [4.69, 9.17) is 10.00 Å². The minimum Gasteiger partial charge on any atom is -0.497 e. The number of aliphatic hydroxyl groups excluding tert-OH is 1. The molecule has 0 fully saturated rings. The van der Waals surface area contributed by atoms with Crippen molar-refractivity contribution in [2.75, 3.05) is 25.2 Å². The summed E-state index contributed by atoms with van der Waals surface area (Å²) in [5.41, 5.74) is 2.27. The van der Waals surface area contributed by atoms with Crippen LogP contribution in [0.15, 0.2) is 54.5 Å². The molecule has 2 N–H and O–H groups in total. The molecular weight excluding hydrogens is 380 g/mol. The van der Waals surface area contributed by atoms with E-state index in [1.807, 2.05) is 49.1 Å². The number of allylic oxidation sites excluding steroid dienone is 1. The number of rotatable bonds is 10. The van der Waals surface area contributed by atoms with Crippen LogP contribution in [0.3, 0.4) is 0 Å². The van der Waals surface area contributed by atoms with E-state index < -0.39 is 0 Å². The largest absolute Gasteiger partial charge is 0.497 e. The Morgan fingerprint density at radius 1 is 1.40 bits per heavy atom. The molecule has 1 aromatic carbocycles. The fraction of sp³-hybridized carbons (Fsp3) is 0.348. The molecule has 0 bridgehead atoms. The standard InChI is InChI=1S/C23H28N4O3/c1-4-27(22-10-8-18(13-24)15-25-22)17(2)14-26-23(29)11-9-20(16-28)19-6-5-7-21(12-19)30-3/h5-8,10,12,14-15,20,28H,4,9,11,16H2,1-3H3,(H,26,29)/b17-14+. The molecule has 0 saturated carbocycles. The summed E-state index contributed by atoms with van der Waals surface area (Å²) in [5, 5.41) is 21.4. The molecule has 0 radical (unpaired) electrons. The molecule has 158 valence electrons. The molecule has 2 aromatic rings. The average molecular weight is 409 g/mol. The normalized spacial score (nSPS) is 12.0. The highest BCUT2D eigenvalue weighted by Crippen LogP contribution is 2.24. The van der Waals surface area contributed by atoms with Crippen molar-refractivity contribution in [3.05, 3.63) is 65.6 Å². The van der Waals surface area contributed by atoms with Crippen molar-refractivity contribution in [3.63, 3.8) is 0 Å². The van der Waals surface area contributed by atoms with Crippen LogP contribution in [0.1, 0.15) is 43.7 Å². The number of benzene rings is 1. The van der Waals surface area contributed by atoms with Gasteiger partial charge in [0, 0.05) is 43.6 Å². The summed E-state index contributed by atoms with van der Waals surface area (Å²) in [6.07, 6.45) is 3.99. The Balaban J connectivity index is 1.95. The lowest BCUT2D eigenvalue weighted by molar-refractivity contribution is -0.120. The van der Waals surface area contributed by atoms with E-state index in [-0.39, 0.29) is 24.9 Å². The Hall–Kier alpha value is -3.37. The van der Waals surface area contributed by atoms with E-state index >= 15 is 0 Å². The minimum atomic E-state index is -0.133. The van der Waals surface area contributed by atoms with Gasteiger partial charge in [0.25, 0.3) is 0 Å². The highest BCUT2D eigenvalue weighted by Gasteiger charge is 2.14. The first-order valence-electron chi connectivity index (χ1n) is 9.87. The molecule has 1 heterocycles. The molecule has 0 aliphatic carbocycles. The summed E-state index contributed by atoms with van der Waals surface area (Å²) in [4.78, 5) is 18.6. The third kappa shape index (κ3) is 6.33. The summed E-state index contributed by atoms with van der Waals surface area (Å²) >= 11 is 0. The number of nitrogens with one attached hydrogen (secondary N) is 1. The fourth-order valence-electron chi connectivity index (χ4n) is 3.10. The van der Waals surface area contributed by atoms with Crippen LogP contribution < -0.4 is 15.0 Å². The van der Waals surface area contributed by atoms with Crippen LogP contribution in [-0.2, 0) is 4.79 Å². The molecule has 1 unspecified atom stereocenters. The van der Waals surface area contributed by atoms with Gasteiger partial charge in [-0.05, 0) is 50.1 Å². The Labute approximate surface area is 177 Å².